The fraction of sp³-hybridized carbons (Fsp3) is 0.556. The summed E-state index contributed by atoms with van der Waals surface area (Å²) in [5.74, 6) is -0.245. The van der Waals surface area contributed by atoms with Gasteiger partial charge in [0.05, 0.1) is 6.04 Å². The van der Waals surface area contributed by atoms with Crippen LogP contribution in [0.5, 0.6) is 0 Å². The summed E-state index contributed by atoms with van der Waals surface area (Å²) in [6, 6.07) is 8.10. The van der Waals surface area contributed by atoms with Crippen LogP contribution in [-0.2, 0) is 4.79 Å². The van der Waals surface area contributed by atoms with Gasteiger partial charge in [0.15, 0.2) is 0 Å². The third-order valence-corrected chi connectivity index (χ3v) is 4.45. The monoisotopic (exact) mass is 332 g/mol. The molecule has 0 spiro atoms. The number of rotatable bonds is 5. The van der Waals surface area contributed by atoms with Gasteiger partial charge in [-0.2, -0.15) is 0 Å². The van der Waals surface area contributed by atoms with E-state index in [1.54, 1.807) is 0 Å². The van der Waals surface area contributed by atoms with Crippen LogP contribution in [0.25, 0.3) is 0 Å². The van der Waals surface area contributed by atoms with Crippen LogP contribution in [0.15, 0.2) is 24.3 Å². The Kier molecular flexibility index (Phi) is 6.61. The van der Waals surface area contributed by atoms with E-state index in [0.717, 1.165) is 31.6 Å². The van der Waals surface area contributed by atoms with Gasteiger partial charge in [-0.1, -0.05) is 17.7 Å². The minimum Gasteiger partial charge on any atom is -0.382 e. The molecule has 132 valence electrons. The SMILES string of the molecule is CCNC(=O)NC(=O)[C@@H](C)N1CCC(Nc2ccc(C)cc2)CC1. The molecule has 3 amide bonds. The number of nitrogens with zero attached hydrogens (tertiary/aromatic N) is 1. The van der Waals surface area contributed by atoms with Gasteiger partial charge in [0, 0.05) is 31.4 Å². The summed E-state index contributed by atoms with van der Waals surface area (Å²) in [6.45, 7) is 7.93. The second-order valence-electron chi connectivity index (χ2n) is 6.35. The van der Waals surface area contributed by atoms with Crippen LogP contribution >= 0.6 is 0 Å². The maximum Gasteiger partial charge on any atom is 0.321 e. The maximum absolute atomic E-state index is 12.1. The van der Waals surface area contributed by atoms with E-state index in [9.17, 15) is 9.59 Å². The number of benzene rings is 1. The van der Waals surface area contributed by atoms with Crippen molar-refractivity contribution in [3.63, 3.8) is 0 Å². The largest absolute Gasteiger partial charge is 0.382 e. The third-order valence-electron chi connectivity index (χ3n) is 4.45. The van der Waals surface area contributed by atoms with Crippen molar-refractivity contribution in [1.29, 1.82) is 0 Å². The topological polar surface area (TPSA) is 73.5 Å². The van der Waals surface area contributed by atoms with Crippen LogP contribution in [0.4, 0.5) is 10.5 Å². The van der Waals surface area contributed by atoms with Crippen molar-refractivity contribution in [2.24, 2.45) is 0 Å². The number of anilines is 1. The van der Waals surface area contributed by atoms with Gasteiger partial charge >= 0.3 is 6.03 Å². The summed E-state index contributed by atoms with van der Waals surface area (Å²) in [7, 11) is 0. The zero-order chi connectivity index (χ0) is 17.5. The van der Waals surface area contributed by atoms with Crippen molar-refractivity contribution < 1.29 is 9.59 Å². The molecule has 3 N–H and O–H groups in total. The Balaban J connectivity index is 1.78. The molecule has 0 aliphatic carbocycles. The van der Waals surface area contributed by atoms with Gasteiger partial charge in [-0.05, 0) is 45.7 Å². The highest BCUT2D eigenvalue weighted by Gasteiger charge is 2.27. The predicted molar refractivity (Wildman–Crippen MR) is 96.1 cm³/mol. The zero-order valence-corrected chi connectivity index (χ0v) is 14.8. The molecule has 1 saturated heterocycles. The van der Waals surface area contributed by atoms with Crippen molar-refractivity contribution in [3.05, 3.63) is 29.8 Å². The van der Waals surface area contributed by atoms with E-state index < -0.39 is 6.03 Å². The van der Waals surface area contributed by atoms with Gasteiger partial charge in [0.1, 0.15) is 0 Å². The number of piperidine rings is 1. The molecule has 1 aromatic rings. The van der Waals surface area contributed by atoms with Gasteiger partial charge < -0.3 is 10.6 Å². The molecule has 6 heteroatoms. The molecule has 6 nitrogen and oxygen atoms in total. The Morgan fingerprint density at radius 3 is 2.42 bits per heavy atom. The first-order valence-corrected chi connectivity index (χ1v) is 8.65. The highest BCUT2D eigenvalue weighted by Crippen LogP contribution is 2.18. The number of urea groups is 1. The number of nitrogens with one attached hydrogen (secondary N) is 3. The molecule has 1 aromatic carbocycles. The van der Waals surface area contributed by atoms with Gasteiger partial charge in [-0.15, -0.1) is 0 Å². The summed E-state index contributed by atoms with van der Waals surface area (Å²) in [5, 5.41) is 8.52. The Morgan fingerprint density at radius 1 is 1.21 bits per heavy atom. The molecule has 1 aliphatic heterocycles. The van der Waals surface area contributed by atoms with Crippen molar-refractivity contribution in [3.8, 4) is 0 Å². The Labute approximate surface area is 144 Å². The summed E-state index contributed by atoms with van der Waals surface area (Å²) < 4.78 is 0. The number of hydrogen-bond donors (Lipinski definition) is 3. The fourth-order valence-corrected chi connectivity index (χ4v) is 2.90. The van der Waals surface area contributed by atoms with Gasteiger partial charge in [0.25, 0.3) is 0 Å². The quantitative estimate of drug-likeness (QED) is 0.772. The number of imide groups is 1. The summed E-state index contributed by atoms with van der Waals surface area (Å²) in [6.07, 6.45) is 1.96. The number of aryl methyl sites for hydroxylation is 1. The second-order valence-corrected chi connectivity index (χ2v) is 6.35. The zero-order valence-electron chi connectivity index (χ0n) is 14.8. The summed E-state index contributed by atoms with van der Waals surface area (Å²) in [4.78, 5) is 25.7. The number of likely N-dealkylation sites (tertiary alicyclic amines) is 1. The number of amides is 3. The Morgan fingerprint density at radius 2 is 1.83 bits per heavy atom. The van der Waals surface area contributed by atoms with Crippen LogP contribution in [0.1, 0.15) is 32.3 Å². The molecule has 0 saturated carbocycles. The van der Waals surface area contributed by atoms with Gasteiger partial charge in [-0.25, -0.2) is 4.79 Å². The second kappa shape index (κ2) is 8.68. The molecule has 0 unspecified atom stereocenters. The van der Waals surface area contributed by atoms with Crippen molar-refractivity contribution in [2.45, 2.75) is 45.7 Å². The van der Waals surface area contributed by atoms with Crippen LogP contribution in [-0.4, -0.2) is 48.6 Å². The fourth-order valence-electron chi connectivity index (χ4n) is 2.90. The molecule has 1 heterocycles. The molecule has 0 bridgehead atoms. The highest BCUT2D eigenvalue weighted by molar-refractivity contribution is 5.96. The molecule has 1 aliphatic rings. The van der Waals surface area contributed by atoms with Crippen LogP contribution in [0, 0.1) is 6.92 Å². The first-order chi connectivity index (χ1) is 11.5. The predicted octanol–water partition coefficient (Wildman–Crippen LogP) is 2.11. The minimum absolute atomic E-state index is 0.245. The van der Waals surface area contributed by atoms with E-state index in [4.69, 9.17) is 0 Å². The number of carbonyl (C=O) groups excluding carboxylic acids is 2. The van der Waals surface area contributed by atoms with Crippen molar-refractivity contribution in [2.75, 3.05) is 25.0 Å². The van der Waals surface area contributed by atoms with Crippen LogP contribution in [0.2, 0.25) is 0 Å². The van der Waals surface area contributed by atoms with Crippen LogP contribution < -0.4 is 16.0 Å². The molecular formula is C18H28N4O2. The average molecular weight is 332 g/mol. The molecule has 0 aromatic heterocycles. The molecule has 2 rings (SSSR count). The normalized spacial score (nSPS) is 17.1. The van der Waals surface area contributed by atoms with Crippen LogP contribution in [0.3, 0.4) is 0 Å². The van der Waals surface area contributed by atoms with E-state index in [-0.39, 0.29) is 11.9 Å². The molecule has 1 atom stereocenters. The number of carbonyl (C=O) groups is 2. The average Bonchev–Trinajstić information content (AvgIpc) is 2.57. The van der Waals surface area contributed by atoms with E-state index >= 15 is 0 Å². The molecular weight excluding hydrogens is 304 g/mol. The van der Waals surface area contributed by atoms with Gasteiger partial charge in [-0.3, -0.25) is 15.0 Å². The van der Waals surface area contributed by atoms with Crippen molar-refractivity contribution in [1.82, 2.24) is 15.5 Å². The lowest BCUT2D eigenvalue weighted by Gasteiger charge is -2.35. The van der Waals surface area contributed by atoms with E-state index in [2.05, 4.69) is 52.0 Å². The lowest BCUT2D eigenvalue weighted by molar-refractivity contribution is -0.125. The highest BCUT2D eigenvalue weighted by atomic mass is 16.2. The minimum atomic E-state index is -0.426. The molecule has 24 heavy (non-hydrogen) atoms. The standard InChI is InChI=1S/C18H28N4O2/c1-4-19-18(24)21-17(23)14(3)22-11-9-16(10-12-22)20-15-7-5-13(2)6-8-15/h5-8,14,16,20H,4,9-12H2,1-3H3,(H2,19,21,23,24)/t14-/m1/s1. The Bertz CT molecular complexity index is 551. The summed E-state index contributed by atoms with van der Waals surface area (Å²) in [5.41, 5.74) is 2.39. The first-order valence-electron chi connectivity index (χ1n) is 8.65. The summed E-state index contributed by atoms with van der Waals surface area (Å²) >= 11 is 0. The Hall–Kier alpha value is -2.08. The molecule has 1 fully saturated rings. The van der Waals surface area contributed by atoms with E-state index in [1.807, 2.05) is 13.8 Å². The number of hydrogen-bond acceptors (Lipinski definition) is 4. The lowest BCUT2D eigenvalue weighted by atomic mass is 10.0. The van der Waals surface area contributed by atoms with Gasteiger partial charge in [0.2, 0.25) is 5.91 Å². The molecule has 0 radical (unpaired) electrons. The first kappa shape index (κ1) is 18.3. The van der Waals surface area contributed by atoms with E-state index in [0.29, 0.717) is 12.6 Å². The maximum atomic E-state index is 12.1. The third kappa shape index (κ3) is 5.23. The smallest absolute Gasteiger partial charge is 0.321 e. The lowest BCUT2D eigenvalue weighted by Crippen LogP contribution is -2.52. The van der Waals surface area contributed by atoms with E-state index in [1.165, 1.54) is 5.56 Å². The van der Waals surface area contributed by atoms with Crippen molar-refractivity contribution >= 4 is 17.6 Å².